The average molecular weight is 239 g/mol. The molecule has 1 heterocycles. The smallest absolute Gasteiger partial charge is 0.249 e. The summed E-state index contributed by atoms with van der Waals surface area (Å²) in [5.74, 6) is -1.09. The lowest BCUT2D eigenvalue weighted by Gasteiger charge is -2.08. The minimum Gasteiger partial charge on any atom is -0.366 e. The lowest BCUT2D eigenvalue weighted by molar-refractivity contribution is 0.100. The van der Waals surface area contributed by atoms with Gasteiger partial charge >= 0.3 is 0 Å². The van der Waals surface area contributed by atoms with Gasteiger partial charge in [0.1, 0.15) is 11.0 Å². The van der Waals surface area contributed by atoms with Crippen LogP contribution in [-0.4, -0.2) is 10.9 Å². The molecule has 0 saturated heterocycles. The molecule has 0 saturated carbocycles. The first-order valence-electron chi connectivity index (χ1n) is 4.56. The minimum atomic E-state index is -0.641. The quantitative estimate of drug-likeness (QED) is 0.776. The highest BCUT2D eigenvalue weighted by Gasteiger charge is 2.15. The van der Waals surface area contributed by atoms with E-state index in [1.165, 1.54) is 18.2 Å². The Labute approximate surface area is 96.0 Å². The van der Waals surface area contributed by atoms with Gasteiger partial charge in [-0.25, -0.2) is 9.37 Å². The lowest BCUT2D eigenvalue weighted by atomic mass is 10.0. The van der Waals surface area contributed by atoms with Crippen LogP contribution in [0.3, 0.4) is 0 Å². The van der Waals surface area contributed by atoms with Gasteiger partial charge in [-0.1, -0.05) is 11.6 Å². The normalized spacial score (nSPS) is 10.7. The predicted molar refractivity (Wildman–Crippen MR) is 60.0 cm³/mol. The number of carbonyl (C=O) groups is 1. The topological polar surface area (TPSA) is 56.0 Å². The molecule has 16 heavy (non-hydrogen) atoms. The number of rotatable bonds is 1. The van der Waals surface area contributed by atoms with Crippen LogP contribution in [0, 0.1) is 12.7 Å². The molecule has 1 aromatic carbocycles. The Bertz CT molecular complexity index is 598. The predicted octanol–water partition coefficient (Wildman–Crippen LogP) is 2.43. The van der Waals surface area contributed by atoms with Crippen molar-refractivity contribution in [1.29, 1.82) is 0 Å². The number of hydrogen-bond acceptors (Lipinski definition) is 2. The van der Waals surface area contributed by atoms with Gasteiger partial charge in [-0.2, -0.15) is 0 Å². The molecule has 2 rings (SSSR count). The molecule has 0 aliphatic rings. The number of benzene rings is 1. The van der Waals surface area contributed by atoms with E-state index in [2.05, 4.69) is 4.98 Å². The first kappa shape index (κ1) is 10.8. The zero-order valence-electron chi connectivity index (χ0n) is 8.42. The summed E-state index contributed by atoms with van der Waals surface area (Å²) in [7, 11) is 0. The Morgan fingerprint density at radius 1 is 1.50 bits per heavy atom. The molecule has 0 bridgehead atoms. The summed E-state index contributed by atoms with van der Waals surface area (Å²) in [5, 5.41) is 0.585. The molecular formula is C11H8ClFN2O. The van der Waals surface area contributed by atoms with Gasteiger partial charge in [-0.3, -0.25) is 4.79 Å². The van der Waals surface area contributed by atoms with Crippen molar-refractivity contribution in [2.75, 3.05) is 0 Å². The lowest BCUT2D eigenvalue weighted by Crippen LogP contribution is -2.14. The van der Waals surface area contributed by atoms with Crippen molar-refractivity contribution in [3.63, 3.8) is 0 Å². The summed E-state index contributed by atoms with van der Waals surface area (Å²) in [4.78, 5) is 15.4. The van der Waals surface area contributed by atoms with Crippen molar-refractivity contribution < 1.29 is 9.18 Å². The van der Waals surface area contributed by atoms with Crippen molar-refractivity contribution in [3.8, 4) is 0 Å². The van der Waals surface area contributed by atoms with E-state index in [4.69, 9.17) is 17.3 Å². The third kappa shape index (κ3) is 1.61. The maximum atomic E-state index is 13.1. The van der Waals surface area contributed by atoms with E-state index in [9.17, 15) is 9.18 Å². The molecule has 0 radical (unpaired) electrons. The van der Waals surface area contributed by atoms with E-state index in [1.807, 2.05) is 0 Å². The van der Waals surface area contributed by atoms with Crippen LogP contribution in [0.4, 0.5) is 4.39 Å². The highest BCUT2D eigenvalue weighted by Crippen LogP contribution is 2.26. The molecule has 0 aliphatic heterocycles. The van der Waals surface area contributed by atoms with Gasteiger partial charge in [-0.15, -0.1) is 0 Å². The Morgan fingerprint density at radius 2 is 2.19 bits per heavy atom. The molecule has 0 aliphatic carbocycles. The maximum Gasteiger partial charge on any atom is 0.249 e. The van der Waals surface area contributed by atoms with Crippen LogP contribution in [0.25, 0.3) is 10.9 Å². The van der Waals surface area contributed by atoms with Crippen LogP contribution in [0.1, 0.15) is 15.9 Å². The fraction of sp³-hybridized carbons (Fsp3) is 0.0909. The summed E-state index contributed by atoms with van der Waals surface area (Å²) in [6.07, 6.45) is 0. The van der Waals surface area contributed by atoms with Gasteiger partial charge in [0.05, 0.1) is 11.1 Å². The summed E-state index contributed by atoms with van der Waals surface area (Å²) >= 11 is 5.86. The fourth-order valence-electron chi connectivity index (χ4n) is 1.62. The second-order valence-corrected chi connectivity index (χ2v) is 3.79. The van der Waals surface area contributed by atoms with Gasteiger partial charge in [0.2, 0.25) is 5.91 Å². The monoisotopic (exact) mass is 238 g/mol. The molecule has 0 unspecified atom stereocenters. The zero-order chi connectivity index (χ0) is 11.9. The fourth-order valence-corrected chi connectivity index (χ4v) is 1.80. The van der Waals surface area contributed by atoms with E-state index in [1.54, 1.807) is 6.92 Å². The Kier molecular flexibility index (Phi) is 2.52. The van der Waals surface area contributed by atoms with Crippen LogP contribution < -0.4 is 5.73 Å². The number of aromatic nitrogens is 1. The molecule has 0 fully saturated rings. The SMILES string of the molecule is Cc1c(Cl)nc2ccc(F)cc2c1C(N)=O. The number of nitrogens with zero attached hydrogens (tertiary/aromatic N) is 1. The Balaban J connectivity index is 2.96. The molecule has 2 aromatic rings. The Hall–Kier alpha value is -1.68. The maximum absolute atomic E-state index is 13.1. The second-order valence-electron chi connectivity index (χ2n) is 3.43. The van der Waals surface area contributed by atoms with Crippen molar-refractivity contribution in [2.45, 2.75) is 6.92 Å². The van der Waals surface area contributed by atoms with E-state index in [0.717, 1.165) is 0 Å². The molecule has 3 nitrogen and oxygen atoms in total. The third-order valence-electron chi connectivity index (χ3n) is 2.38. The van der Waals surface area contributed by atoms with Crippen LogP contribution in [0.5, 0.6) is 0 Å². The van der Waals surface area contributed by atoms with Gasteiger partial charge in [0.25, 0.3) is 0 Å². The number of primary amides is 1. The second kappa shape index (κ2) is 3.72. The van der Waals surface area contributed by atoms with Crippen molar-refractivity contribution >= 4 is 28.4 Å². The van der Waals surface area contributed by atoms with Gasteiger partial charge < -0.3 is 5.73 Å². The summed E-state index contributed by atoms with van der Waals surface area (Å²) < 4.78 is 13.1. The molecule has 82 valence electrons. The van der Waals surface area contributed by atoms with E-state index in [0.29, 0.717) is 16.5 Å². The first-order chi connectivity index (χ1) is 7.50. The van der Waals surface area contributed by atoms with Gasteiger partial charge in [0.15, 0.2) is 0 Å². The van der Waals surface area contributed by atoms with Crippen LogP contribution in [-0.2, 0) is 0 Å². The number of hydrogen-bond donors (Lipinski definition) is 1. The van der Waals surface area contributed by atoms with Crippen LogP contribution in [0.2, 0.25) is 5.15 Å². The highest BCUT2D eigenvalue weighted by atomic mass is 35.5. The molecule has 0 atom stereocenters. The number of nitrogens with two attached hydrogens (primary N) is 1. The largest absolute Gasteiger partial charge is 0.366 e. The van der Waals surface area contributed by atoms with E-state index >= 15 is 0 Å². The molecular weight excluding hydrogens is 231 g/mol. The third-order valence-corrected chi connectivity index (χ3v) is 2.75. The van der Waals surface area contributed by atoms with Crippen molar-refractivity contribution in [2.24, 2.45) is 5.73 Å². The Morgan fingerprint density at radius 3 is 2.81 bits per heavy atom. The standard InChI is InChI=1S/C11H8ClFN2O/c1-5-9(11(14)16)7-4-6(13)2-3-8(7)15-10(5)12/h2-4H,1H3,(H2,14,16). The molecule has 2 N–H and O–H groups in total. The number of amides is 1. The molecule has 1 aromatic heterocycles. The summed E-state index contributed by atoms with van der Waals surface area (Å²) in [5.41, 5.74) is 6.38. The number of fused-ring (bicyclic) bond motifs is 1. The summed E-state index contributed by atoms with van der Waals surface area (Å²) in [6, 6.07) is 3.94. The van der Waals surface area contributed by atoms with Crippen LogP contribution >= 0.6 is 11.6 Å². The minimum absolute atomic E-state index is 0.202. The van der Waals surface area contributed by atoms with Gasteiger partial charge in [0, 0.05) is 5.39 Å². The molecule has 5 heteroatoms. The number of pyridine rings is 1. The van der Waals surface area contributed by atoms with E-state index in [-0.39, 0.29) is 10.7 Å². The van der Waals surface area contributed by atoms with Crippen LogP contribution in [0.15, 0.2) is 18.2 Å². The summed E-state index contributed by atoms with van der Waals surface area (Å²) in [6.45, 7) is 1.62. The first-order valence-corrected chi connectivity index (χ1v) is 4.93. The molecule has 1 amide bonds. The highest BCUT2D eigenvalue weighted by molar-refractivity contribution is 6.31. The number of halogens is 2. The average Bonchev–Trinajstić information content (AvgIpc) is 2.20. The van der Waals surface area contributed by atoms with Gasteiger partial charge in [-0.05, 0) is 30.7 Å². The van der Waals surface area contributed by atoms with Crippen molar-refractivity contribution in [3.05, 3.63) is 40.3 Å². The molecule has 0 spiro atoms. The zero-order valence-corrected chi connectivity index (χ0v) is 9.18. The van der Waals surface area contributed by atoms with E-state index < -0.39 is 11.7 Å². The number of carbonyl (C=O) groups excluding carboxylic acids is 1. The van der Waals surface area contributed by atoms with Crippen molar-refractivity contribution in [1.82, 2.24) is 4.98 Å².